The fourth-order valence-electron chi connectivity index (χ4n) is 0.697. The van der Waals surface area contributed by atoms with E-state index in [-0.39, 0.29) is 17.4 Å². The monoisotopic (exact) mass is 156 g/mol. The van der Waals surface area contributed by atoms with Gasteiger partial charge in [-0.3, -0.25) is 10.2 Å². The highest BCUT2D eigenvalue weighted by atomic mass is 16.2. The molecule has 3 heteroatoms. The summed E-state index contributed by atoms with van der Waals surface area (Å²) in [6.07, 6.45) is 2.11. The Balaban J connectivity index is 2.16. The molecule has 0 saturated heterocycles. The highest BCUT2D eigenvalue weighted by Crippen LogP contribution is 2.28. The van der Waals surface area contributed by atoms with Crippen LogP contribution in [-0.2, 0) is 4.79 Å². The van der Waals surface area contributed by atoms with E-state index in [0.717, 1.165) is 12.8 Å². The predicted octanol–water partition coefficient (Wildman–Crippen LogP) is 0.816. The van der Waals surface area contributed by atoms with E-state index in [2.05, 4.69) is 10.9 Å². The molecule has 1 fully saturated rings. The van der Waals surface area contributed by atoms with Crippen molar-refractivity contribution in [1.82, 2.24) is 10.9 Å². The van der Waals surface area contributed by atoms with Gasteiger partial charge in [0.2, 0.25) is 5.91 Å². The lowest BCUT2D eigenvalue weighted by Gasteiger charge is -2.20. The van der Waals surface area contributed by atoms with Crippen LogP contribution in [0.3, 0.4) is 0 Å². The van der Waals surface area contributed by atoms with Crippen molar-refractivity contribution in [1.29, 1.82) is 0 Å². The molecule has 0 aromatic heterocycles. The second kappa shape index (κ2) is 2.81. The first-order valence-corrected chi connectivity index (χ1v) is 4.06. The number of nitrogens with one attached hydrogen (secondary N) is 2. The van der Waals surface area contributed by atoms with Crippen LogP contribution in [0.2, 0.25) is 0 Å². The van der Waals surface area contributed by atoms with Gasteiger partial charge in [0.15, 0.2) is 0 Å². The molecule has 2 N–H and O–H groups in total. The van der Waals surface area contributed by atoms with Crippen LogP contribution in [0.5, 0.6) is 0 Å². The summed E-state index contributed by atoms with van der Waals surface area (Å²) in [4.78, 5) is 11.1. The van der Waals surface area contributed by atoms with Gasteiger partial charge in [-0.05, 0) is 33.6 Å². The lowest BCUT2D eigenvalue weighted by molar-refractivity contribution is -0.123. The molecule has 3 nitrogen and oxygen atoms in total. The maximum atomic E-state index is 11.1. The molecule has 1 aliphatic rings. The van der Waals surface area contributed by atoms with Gasteiger partial charge in [0.25, 0.3) is 0 Å². The van der Waals surface area contributed by atoms with E-state index in [1.165, 1.54) is 0 Å². The molecule has 11 heavy (non-hydrogen) atoms. The second-order valence-corrected chi connectivity index (χ2v) is 4.14. The summed E-state index contributed by atoms with van der Waals surface area (Å²) in [5.41, 5.74) is 5.60. The van der Waals surface area contributed by atoms with E-state index in [4.69, 9.17) is 0 Å². The van der Waals surface area contributed by atoms with Crippen molar-refractivity contribution in [2.45, 2.75) is 39.2 Å². The molecule has 0 bridgehead atoms. The molecule has 0 aromatic carbocycles. The normalized spacial score (nSPS) is 18.1. The summed E-state index contributed by atoms with van der Waals surface area (Å²) in [6, 6.07) is 0. The van der Waals surface area contributed by atoms with E-state index < -0.39 is 0 Å². The third kappa shape index (κ3) is 3.37. The maximum absolute atomic E-state index is 11.1. The summed E-state index contributed by atoms with van der Waals surface area (Å²) in [5, 5.41) is 0. The molecule has 64 valence electrons. The van der Waals surface area contributed by atoms with E-state index >= 15 is 0 Å². The Morgan fingerprint density at radius 1 is 1.36 bits per heavy atom. The Morgan fingerprint density at radius 2 is 1.91 bits per heavy atom. The molecule has 1 aliphatic carbocycles. The SMILES string of the molecule is CC(C)(C)NNC(=O)C1CC1. The maximum Gasteiger partial charge on any atom is 0.237 e. The predicted molar refractivity (Wildman–Crippen MR) is 43.8 cm³/mol. The van der Waals surface area contributed by atoms with E-state index in [0.29, 0.717) is 0 Å². The number of carbonyl (C=O) groups is 1. The molecule has 0 aromatic rings. The van der Waals surface area contributed by atoms with Crippen LogP contribution in [0.4, 0.5) is 0 Å². The Bertz CT molecular complexity index is 156. The summed E-state index contributed by atoms with van der Waals surface area (Å²) >= 11 is 0. The van der Waals surface area contributed by atoms with Crippen LogP contribution >= 0.6 is 0 Å². The summed E-state index contributed by atoms with van der Waals surface area (Å²) in [6.45, 7) is 6.04. The van der Waals surface area contributed by atoms with Crippen LogP contribution in [0.15, 0.2) is 0 Å². The van der Waals surface area contributed by atoms with Gasteiger partial charge in [0.05, 0.1) is 0 Å². The lowest BCUT2D eigenvalue weighted by Crippen LogP contribution is -2.49. The number of carbonyl (C=O) groups excluding carboxylic acids is 1. The van der Waals surface area contributed by atoms with Crippen LogP contribution in [0.25, 0.3) is 0 Å². The zero-order valence-electron chi connectivity index (χ0n) is 7.40. The van der Waals surface area contributed by atoms with Crippen molar-refractivity contribution in [2.24, 2.45) is 5.92 Å². The summed E-state index contributed by atoms with van der Waals surface area (Å²) in [7, 11) is 0. The van der Waals surface area contributed by atoms with E-state index in [9.17, 15) is 4.79 Å². The Hall–Kier alpha value is -0.570. The van der Waals surface area contributed by atoms with Crippen molar-refractivity contribution < 1.29 is 4.79 Å². The highest BCUT2D eigenvalue weighted by molar-refractivity contribution is 5.80. The Kier molecular flexibility index (Phi) is 2.18. The quantitative estimate of drug-likeness (QED) is 0.581. The minimum Gasteiger partial charge on any atom is -0.291 e. The van der Waals surface area contributed by atoms with E-state index in [1.54, 1.807) is 0 Å². The minimum absolute atomic E-state index is 0.0372. The minimum atomic E-state index is -0.0372. The fraction of sp³-hybridized carbons (Fsp3) is 0.875. The van der Waals surface area contributed by atoms with Crippen molar-refractivity contribution >= 4 is 5.91 Å². The number of hydrogen-bond donors (Lipinski definition) is 2. The molecule has 0 unspecified atom stereocenters. The molecular formula is C8H16N2O. The fourth-order valence-corrected chi connectivity index (χ4v) is 0.697. The van der Waals surface area contributed by atoms with Gasteiger partial charge in [0, 0.05) is 11.5 Å². The highest BCUT2D eigenvalue weighted by Gasteiger charge is 2.29. The van der Waals surface area contributed by atoms with Crippen LogP contribution in [0, 0.1) is 5.92 Å². The molecule has 0 heterocycles. The van der Waals surface area contributed by atoms with E-state index in [1.807, 2.05) is 20.8 Å². The number of amides is 1. The molecule has 0 spiro atoms. The second-order valence-electron chi connectivity index (χ2n) is 4.14. The van der Waals surface area contributed by atoms with Crippen molar-refractivity contribution in [3.05, 3.63) is 0 Å². The topological polar surface area (TPSA) is 41.1 Å². The molecular weight excluding hydrogens is 140 g/mol. The first-order valence-electron chi connectivity index (χ1n) is 4.06. The molecule has 0 radical (unpaired) electrons. The van der Waals surface area contributed by atoms with Gasteiger partial charge in [-0.1, -0.05) is 0 Å². The third-order valence-electron chi connectivity index (χ3n) is 1.51. The number of hydrazine groups is 1. The molecule has 0 atom stereocenters. The van der Waals surface area contributed by atoms with Gasteiger partial charge >= 0.3 is 0 Å². The van der Waals surface area contributed by atoms with Gasteiger partial charge in [0.1, 0.15) is 0 Å². The van der Waals surface area contributed by atoms with Gasteiger partial charge in [-0.25, -0.2) is 5.43 Å². The lowest BCUT2D eigenvalue weighted by atomic mass is 10.1. The molecule has 1 rings (SSSR count). The first-order chi connectivity index (χ1) is 4.99. The van der Waals surface area contributed by atoms with Crippen LogP contribution < -0.4 is 10.9 Å². The summed E-state index contributed by atoms with van der Waals surface area (Å²) < 4.78 is 0. The zero-order chi connectivity index (χ0) is 8.48. The van der Waals surface area contributed by atoms with Gasteiger partial charge < -0.3 is 0 Å². The standard InChI is InChI=1S/C8H16N2O/c1-8(2,3)10-9-7(11)6-4-5-6/h6,10H,4-5H2,1-3H3,(H,9,11). The third-order valence-corrected chi connectivity index (χ3v) is 1.51. The molecule has 1 amide bonds. The Labute approximate surface area is 67.5 Å². The zero-order valence-corrected chi connectivity index (χ0v) is 7.40. The van der Waals surface area contributed by atoms with Crippen LogP contribution in [0.1, 0.15) is 33.6 Å². The van der Waals surface area contributed by atoms with Crippen LogP contribution in [-0.4, -0.2) is 11.4 Å². The largest absolute Gasteiger partial charge is 0.291 e. The smallest absolute Gasteiger partial charge is 0.237 e. The van der Waals surface area contributed by atoms with Crippen molar-refractivity contribution in [2.75, 3.05) is 0 Å². The molecule has 0 aliphatic heterocycles. The van der Waals surface area contributed by atoms with Gasteiger partial charge in [-0.15, -0.1) is 0 Å². The average molecular weight is 156 g/mol. The molecule has 1 saturated carbocycles. The van der Waals surface area contributed by atoms with Gasteiger partial charge in [-0.2, -0.15) is 0 Å². The summed E-state index contributed by atoms with van der Waals surface area (Å²) in [5.74, 6) is 0.421. The van der Waals surface area contributed by atoms with Crippen molar-refractivity contribution in [3.63, 3.8) is 0 Å². The number of hydrogen-bond acceptors (Lipinski definition) is 2. The average Bonchev–Trinajstić information content (AvgIpc) is 2.61. The first kappa shape index (κ1) is 8.53. The Morgan fingerprint density at radius 3 is 2.27 bits per heavy atom. The van der Waals surface area contributed by atoms with Crippen molar-refractivity contribution in [3.8, 4) is 0 Å². The number of rotatable bonds is 2.